The number of aryl methyl sites for hydroxylation is 1. The SMILES string of the molecule is Cc1ccc(OCC#CC2(O)CCCC2)cc1. The van der Waals surface area contributed by atoms with Gasteiger partial charge in [-0.3, -0.25) is 0 Å². The van der Waals surface area contributed by atoms with Gasteiger partial charge in [-0.1, -0.05) is 29.5 Å². The summed E-state index contributed by atoms with van der Waals surface area (Å²) in [6.07, 6.45) is 3.74. The summed E-state index contributed by atoms with van der Waals surface area (Å²) in [4.78, 5) is 0. The molecule has 0 aliphatic heterocycles. The summed E-state index contributed by atoms with van der Waals surface area (Å²) in [5.74, 6) is 6.65. The Hall–Kier alpha value is -1.46. The molecule has 1 aliphatic rings. The van der Waals surface area contributed by atoms with Crippen molar-refractivity contribution in [1.82, 2.24) is 0 Å². The van der Waals surface area contributed by atoms with E-state index in [1.54, 1.807) is 0 Å². The molecule has 1 aromatic carbocycles. The normalized spacial score (nSPS) is 17.3. The molecule has 0 amide bonds. The first-order valence-corrected chi connectivity index (χ1v) is 6.10. The van der Waals surface area contributed by atoms with E-state index in [1.807, 2.05) is 31.2 Å². The summed E-state index contributed by atoms with van der Waals surface area (Å²) >= 11 is 0. The minimum absolute atomic E-state index is 0.339. The second-order valence-corrected chi connectivity index (χ2v) is 4.64. The van der Waals surface area contributed by atoms with Crippen LogP contribution in [0.25, 0.3) is 0 Å². The highest BCUT2D eigenvalue weighted by Crippen LogP contribution is 2.28. The van der Waals surface area contributed by atoms with Crippen molar-refractivity contribution in [2.24, 2.45) is 0 Å². The Kier molecular flexibility index (Phi) is 3.71. The summed E-state index contributed by atoms with van der Waals surface area (Å²) in [5.41, 5.74) is 0.458. The smallest absolute Gasteiger partial charge is 0.149 e. The van der Waals surface area contributed by atoms with Crippen molar-refractivity contribution in [2.45, 2.75) is 38.2 Å². The molecule has 1 aromatic rings. The molecular formula is C15H18O2. The Balaban J connectivity index is 1.83. The van der Waals surface area contributed by atoms with E-state index < -0.39 is 5.60 Å². The molecule has 1 aliphatic carbocycles. The fourth-order valence-electron chi connectivity index (χ4n) is 2.04. The molecule has 0 radical (unpaired) electrons. The molecule has 17 heavy (non-hydrogen) atoms. The van der Waals surface area contributed by atoms with Gasteiger partial charge in [0, 0.05) is 0 Å². The maximum Gasteiger partial charge on any atom is 0.149 e. The lowest BCUT2D eigenvalue weighted by Crippen LogP contribution is -2.21. The first-order valence-electron chi connectivity index (χ1n) is 6.10. The maximum absolute atomic E-state index is 10.00. The highest BCUT2D eigenvalue weighted by molar-refractivity contribution is 5.27. The Labute approximate surface area is 103 Å². The van der Waals surface area contributed by atoms with Crippen LogP contribution in [0.4, 0.5) is 0 Å². The van der Waals surface area contributed by atoms with Crippen LogP contribution in [0.1, 0.15) is 31.2 Å². The topological polar surface area (TPSA) is 29.5 Å². The predicted molar refractivity (Wildman–Crippen MR) is 67.9 cm³/mol. The van der Waals surface area contributed by atoms with Gasteiger partial charge >= 0.3 is 0 Å². The third kappa shape index (κ3) is 3.51. The van der Waals surface area contributed by atoms with Crippen LogP contribution >= 0.6 is 0 Å². The molecule has 0 unspecified atom stereocenters. The number of ether oxygens (including phenoxy) is 1. The Morgan fingerprint density at radius 3 is 2.53 bits per heavy atom. The van der Waals surface area contributed by atoms with Gasteiger partial charge in [-0.2, -0.15) is 0 Å². The molecule has 0 aromatic heterocycles. The third-order valence-electron chi connectivity index (χ3n) is 3.08. The predicted octanol–water partition coefficient (Wildman–Crippen LogP) is 2.68. The van der Waals surface area contributed by atoms with Crippen molar-refractivity contribution in [3.8, 4) is 17.6 Å². The van der Waals surface area contributed by atoms with Crippen LogP contribution in [0.2, 0.25) is 0 Å². The highest BCUT2D eigenvalue weighted by atomic mass is 16.5. The van der Waals surface area contributed by atoms with Crippen LogP contribution in [-0.4, -0.2) is 17.3 Å². The summed E-state index contributed by atoms with van der Waals surface area (Å²) < 4.78 is 5.48. The molecule has 1 fully saturated rings. The zero-order chi connectivity index (χ0) is 12.1. The minimum Gasteiger partial charge on any atom is -0.481 e. The van der Waals surface area contributed by atoms with Crippen molar-refractivity contribution in [3.63, 3.8) is 0 Å². The van der Waals surface area contributed by atoms with Gasteiger partial charge in [0.15, 0.2) is 0 Å². The fourth-order valence-corrected chi connectivity index (χ4v) is 2.04. The molecule has 2 rings (SSSR count). The van der Waals surface area contributed by atoms with Crippen molar-refractivity contribution in [3.05, 3.63) is 29.8 Å². The summed E-state index contributed by atoms with van der Waals surface area (Å²) in [5, 5.41) is 10.00. The standard InChI is InChI=1S/C15H18O2/c1-13-5-7-14(8-6-13)17-12-4-11-15(16)9-2-3-10-15/h5-8,16H,2-3,9-10,12H2,1H3. The van der Waals surface area contributed by atoms with E-state index in [4.69, 9.17) is 4.74 Å². The van der Waals surface area contributed by atoms with Crippen LogP contribution in [0.3, 0.4) is 0 Å². The number of rotatable bonds is 2. The summed E-state index contributed by atoms with van der Waals surface area (Å²) in [7, 11) is 0. The zero-order valence-corrected chi connectivity index (χ0v) is 10.2. The molecule has 0 saturated heterocycles. The lowest BCUT2D eigenvalue weighted by atomic mass is 10.0. The van der Waals surface area contributed by atoms with Gasteiger partial charge < -0.3 is 9.84 Å². The van der Waals surface area contributed by atoms with Gasteiger partial charge in [0.2, 0.25) is 0 Å². The number of aliphatic hydroxyl groups is 1. The van der Waals surface area contributed by atoms with Crippen LogP contribution < -0.4 is 4.74 Å². The quantitative estimate of drug-likeness (QED) is 0.791. The van der Waals surface area contributed by atoms with Crippen molar-refractivity contribution >= 4 is 0 Å². The van der Waals surface area contributed by atoms with E-state index >= 15 is 0 Å². The Morgan fingerprint density at radius 1 is 1.24 bits per heavy atom. The van der Waals surface area contributed by atoms with Gasteiger partial charge in [0.05, 0.1) is 0 Å². The number of hydrogen-bond donors (Lipinski definition) is 1. The van der Waals surface area contributed by atoms with Crippen LogP contribution in [0.15, 0.2) is 24.3 Å². The van der Waals surface area contributed by atoms with Crippen molar-refractivity contribution in [1.29, 1.82) is 0 Å². The average molecular weight is 230 g/mol. The first-order chi connectivity index (χ1) is 8.18. The molecule has 2 heteroatoms. The van der Waals surface area contributed by atoms with Gasteiger partial charge in [-0.05, 0) is 44.7 Å². The van der Waals surface area contributed by atoms with Gasteiger partial charge in [0.1, 0.15) is 18.0 Å². The molecule has 0 heterocycles. The van der Waals surface area contributed by atoms with Gasteiger partial charge in [0.25, 0.3) is 0 Å². The second kappa shape index (κ2) is 5.25. The second-order valence-electron chi connectivity index (χ2n) is 4.64. The molecule has 90 valence electrons. The molecule has 1 saturated carbocycles. The Bertz CT molecular complexity index is 416. The van der Waals surface area contributed by atoms with E-state index in [0.29, 0.717) is 6.61 Å². The largest absolute Gasteiger partial charge is 0.481 e. The molecule has 0 spiro atoms. The Morgan fingerprint density at radius 2 is 1.88 bits per heavy atom. The highest BCUT2D eigenvalue weighted by Gasteiger charge is 2.28. The molecule has 0 bridgehead atoms. The third-order valence-corrected chi connectivity index (χ3v) is 3.08. The fraction of sp³-hybridized carbons (Fsp3) is 0.467. The van der Waals surface area contributed by atoms with Crippen LogP contribution in [0, 0.1) is 18.8 Å². The molecular weight excluding hydrogens is 212 g/mol. The lowest BCUT2D eigenvalue weighted by molar-refractivity contribution is 0.109. The van der Waals surface area contributed by atoms with E-state index in [0.717, 1.165) is 31.4 Å². The van der Waals surface area contributed by atoms with Gasteiger partial charge in [-0.25, -0.2) is 0 Å². The zero-order valence-electron chi connectivity index (χ0n) is 10.2. The first kappa shape index (κ1) is 12.0. The minimum atomic E-state index is -0.753. The monoisotopic (exact) mass is 230 g/mol. The average Bonchev–Trinajstić information content (AvgIpc) is 2.74. The van der Waals surface area contributed by atoms with E-state index in [9.17, 15) is 5.11 Å². The van der Waals surface area contributed by atoms with Crippen LogP contribution in [0.5, 0.6) is 5.75 Å². The molecule has 0 atom stereocenters. The van der Waals surface area contributed by atoms with Crippen LogP contribution in [-0.2, 0) is 0 Å². The molecule has 1 N–H and O–H groups in total. The number of hydrogen-bond acceptors (Lipinski definition) is 2. The van der Waals surface area contributed by atoms with Gasteiger partial charge in [-0.15, -0.1) is 0 Å². The van der Waals surface area contributed by atoms with E-state index in [2.05, 4.69) is 11.8 Å². The summed E-state index contributed by atoms with van der Waals surface area (Å²) in [6.45, 7) is 2.38. The van der Waals surface area contributed by atoms with Crippen molar-refractivity contribution in [2.75, 3.05) is 6.61 Å². The van der Waals surface area contributed by atoms with E-state index in [1.165, 1.54) is 5.56 Å². The summed E-state index contributed by atoms with van der Waals surface area (Å²) in [6, 6.07) is 7.88. The number of benzene rings is 1. The van der Waals surface area contributed by atoms with Crippen molar-refractivity contribution < 1.29 is 9.84 Å². The molecule has 2 nitrogen and oxygen atoms in total. The lowest BCUT2D eigenvalue weighted by Gasteiger charge is -2.12. The maximum atomic E-state index is 10.00. The van der Waals surface area contributed by atoms with E-state index in [-0.39, 0.29) is 0 Å².